The molecule has 0 atom stereocenters. The molecule has 3 aromatic carbocycles. The molecule has 1 aromatic heterocycles. The van der Waals surface area contributed by atoms with Gasteiger partial charge in [0.15, 0.2) is 0 Å². The van der Waals surface area contributed by atoms with Crippen molar-refractivity contribution in [2.24, 2.45) is 0 Å². The summed E-state index contributed by atoms with van der Waals surface area (Å²) in [4.78, 5) is 14.5. The van der Waals surface area contributed by atoms with E-state index in [0.717, 1.165) is 28.8 Å². The summed E-state index contributed by atoms with van der Waals surface area (Å²) in [5.74, 6) is -0.375. The Morgan fingerprint density at radius 2 is 1.65 bits per heavy atom. The average molecular weight is 411 g/mol. The van der Waals surface area contributed by atoms with Gasteiger partial charge in [-0.2, -0.15) is 4.74 Å². The van der Waals surface area contributed by atoms with E-state index in [2.05, 4.69) is 10.3 Å². The molecule has 7 nitrogen and oxygen atoms in total. The molecular formula is C24H21N5O2. The molecule has 31 heavy (non-hydrogen) atoms. The zero-order chi connectivity index (χ0) is 21.8. The van der Waals surface area contributed by atoms with E-state index in [-0.39, 0.29) is 5.78 Å². The van der Waals surface area contributed by atoms with Gasteiger partial charge in [0.05, 0.1) is 17.6 Å². The maximum Gasteiger partial charge on any atom is 0.250 e. The number of nitrogens with zero attached hydrogens (tertiary/aromatic N) is 5. The van der Waals surface area contributed by atoms with Crippen LogP contribution in [0.15, 0.2) is 85.1 Å². The number of hydrogen-bond donors (Lipinski definition) is 0. The second-order valence-corrected chi connectivity index (χ2v) is 7.17. The Morgan fingerprint density at radius 1 is 0.968 bits per heavy atom. The van der Waals surface area contributed by atoms with Crippen LogP contribution >= 0.6 is 0 Å². The lowest BCUT2D eigenvalue weighted by Crippen LogP contribution is -2.10. The third kappa shape index (κ3) is 4.35. The highest BCUT2D eigenvalue weighted by Gasteiger charge is 2.12. The maximum atomic E-state index is 12.5. The monoisotopic (exact) mass is 411 g/mol. The first-order valence-corrected chi connectivity index (χ1v) is 9.72. The Morgan fingerprint density at radius 3 is 2.29 bits per heavy atom. The Balaban J connectivity index is 1.54. The summed E-state index contributed by atoms with van der Waals surface area (Å²) >= 11 is 0. The van der Waals surface area contributed by atoms with Crippen molar-refractivity contribution < 1.29 is 9.53 Å². The third-order valence-electron chi connectivity index (χ3n) is 4.87. The number of Topliss-reactive ketones (excluding diaryl/α,β-unsaturated/α-hetero) is 1. The molecule has 0 fully saturated rings. The molecule has 4 aromatic rings. The minimum atomic E-state index is -0.375. The first-order valence-electron chi connectivity index (χ1n) is 9.72. The summed E-state index contributed by atoms with van der Waals surface area (Å²) in [6, 6.07) is 23.8. The van der Waals surface area contributed by atoms with Gasteiger partial charge in [-0.15, -0.1) is 5.10 Å². The van der Waals surface area contributed by atoms with E-state index in [1.807, 2.05) is 61.5 Å². The van der Waals surface area contributed by atoms with Crippen LogP contribution in [0.3, 0.4) is 0 Å². The normalized spacial score (nSPS) is 11.4. The first-order chi connectivity index (χ1) is 15.0. The predicted molar refractivity (Wildman–Crippen MR) is 121 cm³/mol. The smallest absolute Gasteiger partial charge is 0.250 e. The van der Waals surface area contributed by atoms with Crippen LogP contribution in [0.5, 0.6) is 0 Å². The van der Waals surface area contributed by atoms with Crippen molar-refractivity contribution in [3.63, 3.8) is 0 Å². The highest BCUT2D eigenvalue weighted by Crippen LogP contribution is 2.21. The van der Waals surface area contributed by atoms with Crippen molar-refractivity contribution in [1.29, 1.82) is 0 Å². The molecule has 7 heteroatoms. The van der Waals surface area contributed by atoms with Gasteiger partial charge in [0.25, 0.3) is 0 Å². The zero-order valence-electron chi connectivity index (χ0n) is 17.2. The first kappa shape index (κ1) is 20.0. The van der Waals surface area contributed by atoms with E-state index in [9.17, 15) is 10.0 Å². The van der Waals surface area contributed by atoms with Gasteiger partial charge >= 0.3 is 0 Å². The number of carbonyl (C=O) groups is 1. The summed E-state index contributed by atoms with van der Waals surface area (Å²) in [6.07, 6.45) is 2.74. The molecule has 0 aliphatic carbocycles. The SMILES string of the molecule is CN(C)c1ccc([N+]([O-])=CC(=O)c2ccc(-n3nncc3-c3ccccc3)cc2)cc1. The lowest BCUT2D eigenvalue weighted by atomic mass is 10.1. The summed E-state index contributed by atoms with van der Waals surface area (Å²) in [5, 5.41) is 20.5. The average Bonchev–Trinajstić information content (AvgIpc) is 3.30. The Bertz CT molecular complexity index is 1210. The minimum Gasteiger partial charge on any atom is -0.618 e. The van der Waals surface area contributed by atoms with E-state index in [1.54, 1.807) is 47.3 Å². The Hall–Kier alpha value is -4.26. The number of aromatic nitrogens is 3. The van der Waals surface area contributed by atoms with Crippen LogP contribution in [0.4, 0.5) is 11.4 Å². The van der Waals surface area contributed by atoms with E-state index in [0.29, 0.717) is 16.0 Å². The lowest BCUT2D eigenvalue weighted by Gasteiger charge is -2.12. The van der Waals surface area contributed by atoms with Gasteiger partial charge in [0.1, 0.15) is 0 Å². The molecule has 0 radical (unpaired) electrons. The van der Waals surface area contributed by atoms with Gasteiger partial charge in [-0.05, 0) is 36.4 Å². The molecule has 154 valence electrons. The molecule has 0 saturated carbocycles. The van der Waals surface area contributed by atoms with Gasteiger partial charge in [-0.3, -0.25) is 4.79 Å². The molecule has 0 amide bonds. The topological polar surface area (TPSA) is 77.1 Å². The Labute approximate surface area is 180 Å². The van der Waals surface area contributed by atoms with Crippen LogP contribution in [0.2, 0.25) is 0 Å². The molecule has 4 rings (SSSR count). The molecule has 0 aliphatic rings. The molecule has 1 heterocycles. The fraction of sp³-hybridized carbons (Fsp3) is 0.0833. The predicted octanol–water partition coefficient (Wildman–Crippen LogP) is 4.10. The highest BCUT2D eigenvalue weighted by molar-refractivity contribution is 6.33. The van der Waals surface area contributed by atoms with Crippen molar-refractivity contribution >= 4 is 23.4 Å². The molecule has 0 aliphatic heterocycles. The summed E-state index contributed by atoms with van der Waals surface area (Å²) in [6.45, 7) is 0. The van der Waals surface area contributed by atoms with E-state index >= 15 is 0 Å². The van der Waals surface area contributed by atoms with Gasteiger partial charge in [-0.1, -0.05) is 35.5 Å². The van der Waals surface area contributed by atoms with Gasteiger partial charge in [0, 0.05) is 43.0 Å². The van der Waals surface area contributed by atoms with Crippen molar-refractivity contribution in [3.05, 3.63) is 95.8 Å². The van der Waals surface area contributed by atoms with Crippen molar-refractivity contribution in [3.8, 4) is 16.9 Å². The van der Waals surface area contributed by atoms with Crippen LogP contribution < -0.4 is 4.90 Å². The molecule has 0 saturated heterocycles. The quantitative estimate of drug-likeness (QED) is 0.157. The minimum absolute atomic E-state index is 0.375. The van der Waals surface area contributed by atoms with Gasteiger partial charge in [-0.25, -0.2) is 4.68 Å². The summed E-state index contributed by atoms with van der Waals surface area (Å²) < 4.78 is 2.29. The second-order valence-electron chi connectivity index (χ2n) is 7.17. The molecule has 0 unspecified atom stereocenters. The van der Waals surface area contributed by atoms with E-state index in [4.69, 9.17) is 0 Å². The molecule has 0 bridgehead atoms. The molecule has 0 N–H and O–H groups in total. The fourth-order valence-electron chi connectivity index (χ4n) is 3.15. The van der Waals surface area contributed by atoms with Crippen LogP contribution in [-0.4, -0.2) is 45.8 Å². The number of hydrogen-bond acceptors (Lipinski definition) is 5. The van der Waals surface area contributed by atoms with Crippen LogP contribution in [0, 0.1) is 5.21 Å². The number of benzene rings is 3. The third-order valence-corrected chi connectivity index (χ3v) is 4.87. The Kier molecular flexibility index (Phi) is 5.57. The maximum absolute atomic E-state index is 12.5. The molecular weight excluding hydrogens is 390 g/mol. The number of carbonyl (C=O) groups excluding carboxylic acids is 1. The zero-order valence-corrected chi connectivity index (χ0v) is 17.2. The number of ketones is 1. The fourth-order valence-corrected chi connectivity index (χ4v) is 3.15. The van der Waals surface area contributed by atoms with Gasteiger partial charge in [0.2, 0.25) is 17.7 Å². The van der Waals surface area contributed by atoms with Gasteiger partial charge < -0.3 is 10.1 Å². The van der Waals surface area contributed by atoms with Crippen molar-refractivity contribution in [1.82, 2.24) is 15.0 Å². The summed E-state index contributed by atoms with van der Waals surface area (Å²) in [5.41, 5.74) is 4.39. The van der Waals surface area contributed by atoms with E-state index in [1.165, 1.54) is 0 Å². The second kappa shape index (κ2) is 8.62. The van der Waals surface area contributed by atoms with Crippen LogP contribution in [-0.2, 0) is 0 Å². The van der Waals surface area contributed by atoms with Crippen LogP contribution in [0.1, 0.15) is 10.4 Å². The largest absolute Gasteiger partial charge is 0.618 e. The number of anilines is 1. The van der Waals surface area contributed by atoms with Crippen LogP contribution in [0.25, 0.3) is 16.9 Å². The van der Waals surface area contributed by atoms with E-state index < -0.39 is 0 Å². The molecule has 0 spiro atoms. The van der Waals surface area contributed by atoms with Crippen molar-refractivity contribution in [2.75, 3.05) is 19.0 Å². The number of rotatable bonds is 6. The van der Waals surface area contributed by atoms with Crippen molar-refractivity contribution in [2.45, 2.75) is 0 Å². The lowest BCUT2D eigenvalue weighted by molar-refractivity contribution is -0.353. The highest BCUT2D eigenvalue weighted by atomic mass is 16.5. The standard InChI is InChI=1S/C24H21N5O2/c1-27(2)20-12-14-21(15-13-20)28(31)17-24(30)19-8-10-22(11-9-19)29-23(16-25-26-29)18-6-4-3-5-7-18/h3-17H,1-2H3. The summed E-state index contributed by atoms with van der Waals surface area (Å²) in [7, 11) is 3.84.